The SMILES string of the molecule is Cc1cc(Br)cc(C)c1OCC(=O)NN=Cc1cccc(OCc2ccccc2)c1. The molecular weight excluding hydrogens is 444 g/mol. The van der Waals surface area contributed by atoms with E-state index in [1.807, 2.05) is 80.6 Å². The lowest BCUT2D eigenvalue weighted by atomic mass is 10.1. The van der Waals surface area contributed by atoms with Gasteiger partial charge in [0.25, 0.3) is 5.91 Å². The first-order chi connectivity index (χ1) is 14.5. The van der Waals surface area contributed by atoms with Crippen molar-refractivity contribution in [3.8, 4) is 11.5 Å². The second-order valence-corrected chi connectivity index (χ2v) is 7.71. The molecule has 0 bridgehead atoms. The molecule has 0 spiro atoms. The van der Waals surface area contributed by atoms with Crippen molar-refractivity contribution in [3.63, 3.8) is 0 Å². The minimum Gasteiger partial charge on any atom is -0.489 e. The Labute approximate surface area is 184 Å². The molecule has 0 aliphatic rings. The van der Waals surface area contributed by atoms with Gasteiger partial charge in [0, 0.05) is 4.47 Å². The number of halogens is 1. The van der Waals surface area contributed by atoms with Crippen LogP contribution in [0.4, 0.5) is 0 Å². The van der Waals surface area contributed by atoms with E-state index in [1.54, 1.807) is 6.21 Å². The molecule has 30 heavy (non-hydrogen) atoms. The number of aryl methyl sites for hydroxylation is 2. The second kappa shape index (κ2) is 10.6. The molecule has 0 saturated heterocycles. The highest BCUT2D eigenvalue weighted by molar-refractivity contribution is 9.10. The molecule has 1 amide bonds. The number of amides is 1. The molecule has 6 heteroatoms. The van der Waals surface area contributed by atoms with Crippen LogP contribution in [0, 0.1) is 13.8 Å². The number of benzene rings is 3. The Morgan fingerprint density at radius 2 is 1.73 bits per heavy atom. The van der Waals surface area contributed by atoms with Gasteiger partial charge >= 0.3 is 0 Å². The standard InChI is InChI=1S/C24H23BrN2O3/c1-17-11-21(25)12-18(2)24(17)30-16-23(28)27-26-14-20-9-6-10-22(13-20)29-15-19-7-4-3-5-8-19/h3-14H,15-16H2,1-2H3,(H,27,28). The number of nitrogens with zero attached hydrogens (tertiary/aromatic N) is 1. The van der Waals surface area contributed by atoms with Gasteiger partial charge in [-0.1, -0.05) is 58.4 Å². The van der Waals surface area contributed by atoms with E-state index in [-0.39, 0.29) is 12.5 Å². The number of rotatable bonds is 8. The van der Waals surface area contributed by atoms with Crippen LogP contribution in [-0.4, -0.2) is 18.7 Å². The summed E-state index contributed by atoms with van der Waals surface area (Å²) in [6, 6.07) is 21.4. The summed E-state index contributed by atoms with van der Waals surface area (Å²) in [5.41, 5.74) is 6.33. The van der Waals surface area contributed by atoms with Crippen molar-refractivity contribution in [2.45, 2.75) is 20.5 Å². The van der Waals surface area contributed by atoms with E-state index in [1.165, 1.54) is 0 Å². The Morgan fingerprint density at radius 1 is 1.00 bits per heavy atom. The van der Waals surface area contributed by atoms with E-state index in [4.69, 9.17) is 9.47 Å². The molecule has 0 fully saturated rings. The average molecular weight is 467 g/mol. The first-order valence-electron chi connectivity index (χ1n) is 9.49. The minimum absolute atomic E-state index is 0.110. The Morgan fingerprint density at radius 3 is 2.47 bits per heavy atom. The number of ether oxygens (including phenoxy) is 2. The summed E-state index contributed by atoms with van der Waals surface area (Å²) in [6.45, 7) is 4.26. The van der Waals surface area contributed by atoms with Gasteiger partial charge in [0.1, 0.15) is 18.1 Å². The zero-order valence-electron chi connectivity index (χ0n) is 16.9. The van der Waals surface area contributed by atoms with E-state index in [2.05, 4.69) is 26.5 Å². The smallest absolute Gasteiger partial charge is 0.277 e. The third-order valence-corrected chi connectivity index (χ3v) is 4.74. The number of hydrazone groups is 1. The molecule has 3 aromatic rings. The van der Waals surface area contributed by atoms with Crippen molar-refractivity contribution in [1.82, 2.24) is 5.43 Å². The van der Waals surface area contributed by atoms with Gasteiger partial charge in [-0.3, -0.25) is 4.79 Å². The third kappa shape index (κ3) is 6.46. The lowest BCUT2D eigenvalue weighted by molar-refractivity contribution is -0.123. The molecule has 3 rings (SSSR count). The van der Waals surface area contributed by atoms with Crippen molar-refractivity contribution in [2.24, 2.45) is 5.10 Å². The summed E-state index contributed by atoms with van der Waals surface area (Å²) in [4.78, 5) is 12.0. The first-order valence-corrected chi connectivity index (χ1v) is 10.3. The van der Waals surface area contributed by atoms with Gasteiger partial charge in [-0.25, -0.2) is 5.43 Å². The minimum atomic E-state index is -0.329. The highest BCUT2D eigenvalue weighted by Gasteiger charge is 2.08. The van der Waals surface area contributed by atoms with E-state index >= 15 is 0 Å². The van der Waals surface area contributed by atoms with Crippen molar-refractivity contribution >= 4 is 28.1 Å². The van der Waals surface area contributed by atoms with Crippen LogP contribution < -0.4 is 14.9 Å². The summed E-state index contributed by atoms with van der Waals surface area (Å²) in [5, 5.41) is 4.00. The second-order valence-electron chi connectivity index (χ2n) is 6.80. The summed E-state index contributed by atoms with van der Waals surface area (Å²) in [7, 11) is 0. The third-order valence-electron chi connectivity index (χ3n) is 4.28. The van der Waals surface area contributed by atoms with Gasteiger partial charge < -0.3 is 9.47 Å². The zero-order chi connectivity index (χ0) is 21.3. The van der Waals surface area contributed by atoms with Crippen molar-refractivity contribution in [3.05, 3.63) is 93.5 Å². The lowest BCUT2D eigenvalue weighted by Crippen LogP contribution is -2.25. The van der Waals surface area contributed by atoms with Gasteiger partial charge in [0.2, 0.25) is 0 Å². The highest BCUT2D eigenvalue weighted by Crippen LogP contribution is 2.27. The molecule has 0 aromatic heterocycles. The molecule has 0 heterocycles. The van der Waals surface area contributed by atoms with Crippen LogP contribution >= 0.6 is 15.9 Å². The van der Waals surface area contributed by atoms with E-state index in [0.717, 1.165) is 32.5 Å². The van der Waals surface area contributed by atoms with Crippen molar-refractivity contribution < 1.29 is 14.3 Å². The first kappa shape index (κ1) is 21.6. The van der Waals surface area contributed by atoms with Crippen LogP contribution in [0.5, 0.6) is 11.5 Å². The maximum atomic E-state index is 12.0. The zero-order valence-corrected chi connectivity index (χ0v) is 18.5. The van der Waals surface area contributed by atoms with Crippen molar-refractivity contribution in [1.29, 1.82) is 0 Å². The van der Waals surface area contributed by atoms with Crippen LogP contribution in [0.25, 0.3) is 0 Å². The molecule has 0 radical (unpaired) electrons. The topological polar surface area (TPSA) is 59.9 Å². The fraction of sp³-hybridized carbons (Fsp3) is 0.167. The van der Waals surface area contributed by atoms with Crippen LogP contribution in [0.15, 0.2) is 76.3 Å². The Bertz CT molecular complexity index is 1010. The molecular formula is C24H23BrN2O3. The predicted molar refractivity (Wildman–Crippen MR) is 122 cm³/mol. The molecule has 154 valence electrons. The van der Waals surface area contributed by atoms with E-state index in [9.17, 15) is 4.79 Å². The average Bonchev–Trinajstić information content (AvgIpc) is 2.72. The molecule has 0 atom stereocenters. The van der Waals surface area contributed by atoms with Gasteiger partial charge in [-0.2, -0.15) is 5.10 Å². The Kier molecular flexibility index (Phi) is 7.63. The maximum Gasteiger partial charge on any atom is 0.277 e. The van der Waals surface area contributed by atoms with Crippen molar-refractivity contribution in [2.75, 3.05) is 6.61 Å². The Hall–Kier alpha value is -3.12. The van der Waals surface area contributed by atoms with E-state index < -0.39 is 0 Å². The molecule has 1 N–H and O–H groups in total. The molecule has 3 aromatic carbocycles. The number of carbonyl (C=O) groups is 1. The largest absolute Gasteiger partial charge is 0.489 e. The summed E-state index contributed by atoms with van der Waals surface area (Å²) in [5.74, 6) is 1.11. The highest BCUT2D eigenvalue weighted by atomic mass is 79.9. The van der Waals surface area contributed by atoms with Gasteiger partial charge in [0.05, 0.1) is 6.21 Å². The fourth-order valence-electron chi connectivity index (χ4n) is 2.90. The van der Waals surface area contributed by atoms with Crippen LogP contribution in [0.2, 0.25) is 0 Å². The number of nitrogens with one attached hydrogen (secondary N) is 1. The number of hydrogen-bond donors (Lipinski definition) is 1. The lowest BCUT2D eigenvalue weighted by Gasteiger charge is -2.11. The summed E-state index contributed by atoms with van der Waals surface area (Å²) in [6.07, 6.45) is 1.57. The molecule has 5 nitrogen and oxygen atoms in total. The van der Waals surface area contributed by atoms with E-state index in [0.29, 0.717) is 12.4 Å². The molecule has 0 saturated carbocycles. The van der Waals surface area contributed by atoms with Gasteiger partial charge in [-0.05, 0) is 60.4 Å². The molecule has 0 aliphatic heterocycles. The predicted octanol–water partition coefficient (Wildman–Crippen LogP) is 5.17. The van der Waals surface area contributed by atoms with Crippen LogP contribution in [0.3, 0.4) is 0 Å². The molecule has 0 unspecified atom stereocenters. The van der Waals surface area contributed by atoms with Crippen LogP contribution in [0.1, 0.15) is 22.3 Å². The quantitative estimate of drug-likeness (QED) is 0.367. The normalized spacial score (nSPS) is 10.8. The van der Waals surface area contributed by atoms with Crippen LogP contribution in [-0.2, 0) is 11.4 Å². The summed E-state index contributed by atoms with van der Waals surface area (Å²) < 4.78 is 12.4. The monoisotopic (exact) mass is 466 g/mol. The van der Waals surface area contributed by atoms with Gasteiger partial charge in [-0.15, -0.1) is 0 Å². The molecule has 0 aliphatic carbocycles. The Balaban J connectivity index is 1.49. The number of hydrogen-bond acceptors (Lipinski definition) is 4. The fourth-order valence-corrected chi connectivity index (χ4v) is 3.59. The van der Waals surface area contributed by atoms with Gasteiger partial charge in [0.15, 0.2) is 6.61 Å². The number of carbonyl (C=O) groups excluding carboxylic acids is 1. The maximum absolute atomic E-state index is 12.0. The summed E-state index contributed by atoms with van der Waals surface area (Å²) >= 11 is 3.45.